The molecule has 10 heteroatoms. The number of benzene rings is 1. The molecule has 0 bridgehead atoms. The Labute approximate surface area is 249 Å². The first-order valence-electron chi connectivity index (χ1n) is 15.8. The van der Waals surface area contributed by atoms with E-state index < -0.39 is 0 Å². The van der Waals surface area contributed by atoms with Crippen molar-refractivity contribution in [2.45, 2.75) is 89.4 Å². The van der Waals surface area contributed by atoms with E-state index in [1.165, 1.54) is 19.3 Å². The van der Waals surface area contributed by atoms with Crippen LogP contribution in [0.4, 0.5) is 10.5 Å². The fraction of sp³-hybridized carbons (Fsp3) is 0.656. The van der Waals surface area contributed by atoms with Crippen molar-refractivity contribution in [2.75, 3.05) is 50.8 Å². The van der Waals surface area contributed by atoms with Crippen LogP contribution in [-0.2, 0) is 14.3 Å². The smallest absolute Gasteiger partial charge is 0.326 e. The van der Waals surface area contributed by atoms with E-state index in [9.17, 15) is 14.4 Å². The number of ether oxygens (including phenoxy) is 2. The van der Waals surface area contributed by atoms with Crippen molar-refractivity contribution in [1.82, 2.24) is 20.4 Å². The summed E-state index contributed by atoms with van der Waals surface area (Å²) >= 11 is 0. The molecule has 3 saturated heterocycles. The molecule has 4 fully saturated rings. The number of rotatable bonds is 9. The fourth-order valence-corrected chi connectivity index (χ4v) is 6.51. The molecule has 0 atom stereocenters. The van der Waals surface area contributed by atoms with E-state index in [1.54, 1.807) is 4.90 Å². The van der Waals surface area contributed by atoms with Crippen molar-refractivity contribution in [3.63, 3.8) is 0 Å². The van der Waals surface area contributed by atoms with Crippen LogP contribution in [-0.4, -0.2) is 91.8 Å². The van der Waals surface area contributed by atoms with Crippen molar-refractivity contribution in [2.24, 2.45) is 0 Å². The van der Waals surface area contributed by atoms with Crippen LogP contribution in [0.3, 0.4) is 0 Å². The van der Waals surface area contributed by atoms with E-state index in [4.69, 9.17) is 9.47 Å². The second-order valence-corrected chi connectivity index (χ2v) is 12.3. The summed E-state index contributed by atoms with van der Waals surface area (Å²) in [6.07, 6.45) is 10.6. The minimum absolute atomic E-state index is 0.0379. The van der Waals surface area contributed by atoms with E-state index in [1.807, 2.05) is 30.0 Å². The molecule has 0 aromatic heterocycles. The zero-order valence-corrected chi connectivity index (χ0v) is 25.1. The van der Waals surface area contributed by atoms with Gasteiger partial charge in [0.15, 0.2) is 6.61 Å². The number of likely N-dealkylation sites (tertiary alicyclic amines) is 2. The first kappa shape index (κ1) is 30.4. The summed E-state index contributed by atoms with van der Waals surface area (Å²) < 4.78 is 12.3. The Hall–Kier alpha value is -3.11. The zero-order valence-electron chi connectivity index (χ0n) is 25.1. The predicted molar refractivity (Wildman–Crippen MR) is 161 cm³/mol. The van der Waals surface area contributed by atoms with Gasteiger partial charge in [-0.15, -0.1) is 0 Å². The van der Waals surface area contributed by atoms with Crippen LogP contribution in [0.5, 0.6) is 5.75 Å². The van der Waals surface area contributed by atoms with Crippen LogP contribution in [0.2, 0.25) is 0 Å². The number of anilines is 1. The number of amides is 4. The highest BCUT2D eigenvalue weighted by Gasteiger charge is 2.29. The maximum atomic E-state index is 12.9. The highest BCUT2D eigenvalue weighted by atomic mass is 16.5. The molecular formula is C32H47N5O5. The van der Waals surface area contributed by atoms with E-state index in [2.05, 4.69) is 22.1 Å². The van der Waals surface area contributed by atoms with Crippen molar-refractivity contribution in [3.05, 3.63) is 36.0 Å². The van der Waals surface area contributed by atoms with Gasteiger partial charge >= 0.3 is 6.03 Å². The van der Waals surface area contributed by atoms with Crippen LogP contribution >= 0.6 is 0 Å². The van der Waals surface area contributed by atoms with Gasteiger partial charge in [0.25, 0.3) is 5.91 Å². The van der Waals surface area contributed by atoms with Crippen LogP contribution in [0.25, 0.3) is 0 Å². The molecule has 3 aliphatic heterocycles. The molecule has 0 radical (unpaired) electrons. The Kier molecular flexibility index (Phi) is 10.4. The van der Waals surface area contributed by atoms with Crippen molar-refractivity contribution in [3.8, 4) is 5.75 Å². The summed E-state index contributed by atoms with van der Waals surface area (Å²) in [6, 6.07) is 5.73. The van der Waals surface area contributed by atoms with Gasteiger partial charge in [-0.1, -0.05) is 31.9 Å². The maximum absolute atomic E-state index is 12.9. The van der Waals surface area contributed by atoms with Crippen LogP contribution < -0.4 is 20.3 Å². The number of hydrogen-bond donors (Lipinski definition) is 2. The normalized spacial score (nSPS) is 21.7. The lowest BCUT2D eigenvalue weighted by Crippen LogP contribution is -2.47. The maximum Gasteiger partial charge on any atom is 0.326 e. The van der Waals surface area contributed by atoms with E-state index in [0.29, 0.717) is 44.4 Å². The highest BCUT2D eigenvalue weighted by molar-refractivity contribution is 5.95. The number of aryl methyl sites for hydroxylation is 1. The van der Waals surface area contributed by atoms with E-state index in [0.717, 1.165) is 68.6 Å². The summed E-state index contributed by atoms with van der Waals surface area (Å²) in [5, 5.41) is 6.01. The van der Waals surface area contributed by atoms with Gasteiger partial charge in [-0.25, -0.2) is 4.79 Å². The molecule has 1 aromatic carbocycles. The minimum atomic E-state index is -0.199. The summed E-state index contributed by atoms with van der Waals surface area (Å²) in [7, 11) is 0. The Morgan fingerprint density at radius 3 is 2.36 bits per heavy atom. The quantitative estimate of drug-likeness (QED) is 0.461. The van der Waals surface area contributed by atoms with Gasteiger partial charge in [0.05, 0.1) is 24.4 Å². The van der Waals surface area contributed by atoms with Gasteiger partial charge in [-0.3, -0.25) is 19.4 Å². The molecule has 10 nitrogen and oxygen atoms in total. The molecule has 4 amide bonds. The number of piperidine rings is 2. The number of carbonyl (C=O) groups excluding carboxylic acids is 3. The molecule has 1 aromatic rings. The average Bonchev–Trinajstić information content (AvgIpc) is 2.99. The van der Waals surface area contributed by atoms with Crippen LogP contribution in [0.1, 0.15) is 69.8 Å². The lowest BCUT2D eigenvalue weighted by Gasteiger charge is -2.37. The lowest BCUT2D eigenvalue weighted by molar-refractivity contribution is -0.137. The Morgan fingerprint density at radius 1 is 0.976 bits per heavy atom. The number of nitrogens with one attached hydrogen (secondary N) is 2. The molecule has 5 rings (SSSR count). The van der Waals surface area contributed by atoms with Crippen LogP contribution in [0, 0.1) is 6.92 Å². The lowest BCUT2D eigenvalue weighted by atomic mass is 9.95. The van der Waals surface area contributed by atoms with E-state index >= 15 is 0 Å². The minimum Gasteiger partial charge on any atom is -0.484 e. The third-order valence-corrected chi connectivity index (χ3v) is 9.05. The van der Waals surface area contributed by atoms with Gasteiger partial charge < -0.3 is 25.0 Å². The third-order valence-electron chi connectivity index (χ3n) is 9.05. The molecule has 230 valence electrons. The molecule has 1 saturated carbocycles. The molecule has 2 N–H and O–H groups in total. The molecular weight excluding hydrogens is 534 g/mol. The van der Waals surface area contributed by atoms with Gasteiger partial charge in [0.2, 0.25) is 5.91 Å². The summed E-state index contributed by atoms with van der Waals surface area (Å²) in [5.41, 5.74) is 2.46. The number of urea groups is 1. The average molecular weight is 582 g/mol. The topological polar surface area (TPSA) is 103 Å². The Bertz CT molecular complexity index is 1120. The van der Waals surface area contributed by atoms with Crippen molar-refractivity contribution < 1.29 is 23.9 Å². The molecule has 3 heterocycles. The summed E-state index contributed by atoms with van der Waals surface area (Å²) in [6.45, 7) is 9.88. The first-order chi connectivity index (χ1) is 20.3. The predicted octanol–water partition coefficient (Wildman–Crippen LogP) is 3.73. The van der Waals surface area contributed by atoms with Gasteiger partial charge in [0, 0.05) is 56.9 Å². The Morgan fingerprint density at radius 2 is 1.67 bits per heavy atom. The summed E-state index contributed by atoms with van der Waals surface area (Å²) in [4.78, 5) is 43.6. The van der Waals surface area contributed by atoms with Crippen molar-refractivity contribution >= 4 is 23.5 Å². The Balaban J connectivity index is 0.990. The molecule has 0 unspecified atom stereocenters. The highest BCUT2D eigenvalue weighted by Crippen LogP contribution is 2.28. The zero-order chi connectivity index (χ0) is 29.5. The largest absolute Gasteiger partial charge is 0.484 e. The standard InChI is InChI=1S/C32H47N5O5/c1-23-8-9-28(20-29(23)37-19-10-24(2)33-32(37)40)41-22-31(39)36-17-13-27(14-18-36)42-26-11-15-35(16-12-26)21-30(38)34-25-6-4-3-5-7-25/h8-9,20,25-27H,2-7,10-19,21-22H2,1H3,(H,33,40)(H,34,38). The van der Waals surface area contributed by atoms with Crippen molar-refractivity contribution in [1.29, 1.82) is 0 Å². The van der Waals surface area contributed by atoms with Crippen LogP contribution in [0.15, 0.2) is 30.5 Å². The number of hydrogen-bond acceptors (Lipinski definition) is 6. The van der Waals surface area contributed by atoms with Gasteiger partial charge in [0.1, 0.15) is 5.75 Å². The molecule has 1 aliphatic carbocycles. The molecule has 0 spiro atoms. The van der Waals surface area contributed by atoms with Gasteiger partial charge in [-0.2, -0.15) is 0 Å². The SMILES string of the molecule is C=C1CCN(c2cc(OCC(=O)N3CCC(OC4CCN(CC(=O)NC5CCCCC5)CC4)CC3)ccc2C)C(=O)N1. The number of carbonyl (C=O) groups is 3. The second kappa shape index (κ2) is 14.4. The third kappa shape index (κ3) is 8.25. The summed E-state index contributed by atoms with van der Waals surface area (Å²) in [5.74, 6) is 0.686. The monoisotopic (exact) mass is 581 g/mol. The van der Waals surface area contributed by atoms with Gasteiger partial charge in [-0.05, 0) is 57.1 Å². The molecule has 4 aliphatic rings. The fourth-order valence-electron chi connectivity index (χ4n) is 6.51. The number of nitrogens with zero attached hydrogens (tertiary/aromatic N) is 3. The van der Waals surface area contributed by atoms with E-state index in [-0.39, 0.29) is 36.7 Å². The second-order valence-electron chi connectivity index (χ2n) is 12.3. The first-order valence-corrected chi connectivity index (χ1v) is 15.8. The molecule has 42 heavy (non-hydrogen) atoms.